The first kappa shape index (κ1) is 21.4. The van der Waals surface area contributed by atoms with Crippen LogP contribution in [-0.4, -0.2) is 47.7 Å². The summed E-state index contributed by atoms with van der Waals surface area (Å²) in [6, 6.07) is 12.5. The first-order valence-corrected chi connectivity index (χ1v) is 12.0. The predicted molar refractivity (Wildman–Crippen MR) is 122 cm³/mol. The molecule has 3 aliphatic rings. The maximum absolute atomic E-state index is 12.9. The van der Waals surface area contributed by atoms with E-state index >= 15 is 0 Å². The summed E-state index contributed by atoms with van der Waals surface area (Å²) in [6.45, 7) is 5.74. The number of likely N-dealkylation sites (tertiary alicyclic amines) is 1. The average molecular weight is 436 g/mol. The van der Waals surface area contributed by atoms with Gasteiger partial charge in [-0.15, -0.1) is 0 Å². The molecule has 0 spiro atoms. The van der Waals surface area contributed by atoms with Crippen LogP contribution < -0.4 is 10.1 Å². The normalized spacial score (nSPS) is 26.3. The second-order valence-electron chi connectivity index (χ2n) is 9.45. The molecule has 0 aliphatic carbocycles. The molecule has 6 heteroatoms. The Balaban J connectivity index is 1.29. The molecular formula is C26H33N3O3. The molecule has 0 unspecified atom stereocenters. The Bertz CT molecular complexity index is 929. The summed E-state index contributed by atoms with van der Waals surface area (Å²) in [4.78, 5) is 20.0. The van der Waals surface area contributed by atoms with Crippen LogP contribution in [0, 0.1) is 5.92 Å². The van der Waals surface area contributed by atoms with Crippen LogP contribution >= 0.6 is 0 Å². The zero-order valence-electron chi connectivity index (χ0n) is 18.8. The molecular weight excluding hydrogens is 402 g/mol. The fourth-order valence-electron chi connectivity index (χ4n) is 5.36. The minimum absolute atomic E-state index is 0.00279. The highest BCUT2D eigenvalue weighted by molar-refractivity contribution is 5.81. The van der Waals surface area contributed by atoms with Crippen molar-refractivity contribution in [2.75, 3.05) is 19.7 Å². The number of hydrogen-bond donors (Lipinski definition) is 1. The van der Waals surface area contributed by atoms with Gasteiger partial charge in [-0.1, -0.05) is 18.2 Å². The lowest BCUT2D eigenvalue weighted by Crippen LogP contribution is -2.45. The molecule has 170 valence electrons. The van der Waals surface area contributed by atoms with Crippen molar-refractivity contribution in [2.24, 2.45) is 5.92 Å². The van der Waals surface area contributed by atoms with Gasteiger partial charge in [0.1, 0.15) is 18.0 Å². The summed E-state index contributed by atoms with van der Waals surface area (Å²) in [5.74, 6) is 1.36. The fourth-order valence-corrected chi connectivity index (χ4v) is 5.36. The SMILES string of the molecule is C[C@@H]1Cc2cc(CN3CCC[C@H]([C@H](NC(=O)[C@H]4CCCO4)c4ccccn4)C3)ccc2O1. The van der Waals surface area contributed by atoms with E-state index in [1.807, 2.05) is 24.4 Å². The van der Waals surface area contributed by atoms with Crippen molar-refractivity contribution in [3.63, 3.8) is 0 Å². The minimum Gasteiger partial charge on any atom is -0.490 e. The predicted octanol–water partition coefficient (Wildman–Crippen LogP) is 3.65. The Kier molecular flexibility index (Phi) is 6.42. The largest absolute Gasteiger partial charge is 0.490 e. The monoisotopic (exact) mass is 435 g/mol. The molecule has 6 nitrogen and oxygen atoms in total. The quantitative estimate of drug-likeness (QED) is 0.750. The van der Waals surface area contributed by atoms with Gasteiger partial charge in [-0.3, -0.25) is 14.7 Å². The smallest absolute Gasteiger partial charge is 0.249 e. The van der Waals surface area contributed by atoms with Crippen LogP contribution in [0.5, 0.6) is 5.75 Å². The zero-order chi connectivity index (χ0) is 21.9. The van der Waals surface area contributed by atoms with Crippen molar-refractivity contribution in [3.8, 4) is 5.75 Å². The number of carbonyl (C=O) groups excluding carboxylic acids is 1. The summed E-state index contributed by atoms with van der Waals surface area (Å²) < 4.78 is 11.5. The lowest BCUT2D eigenvalue weighted by atomic mass is 9.88. The van der Waals surface area contributed by atoms with E-state index in [1.165, 1.54) is 11.1 Å². The van der Waals surface area contributed by atoms with Gasteiger partial charge in [-0.2, -0.15) is 0 Å². The topological polar surface area (TPSA) is 63.7 Å². The number of carbonyl (C=O) groups is 1. The van der Waals surface area contributed by atoms with Crippen LogP contribution in [0.15, 0.2) is 42.6 Å². The first-order chi connectivity index (χ1) is 15.7. The third-order valence-corrected chi connectivity index (χ3v) is 6.91. The van der Waals surface area contributed by atoms with Crippen LogP contribution in [0.3, 0.4) is 0 Å². The fraction of sp³-hybridized carbons (Fsp3) is 0.538. The van der Waals surface area contributed by atoms with Gasteiger partial charge in [0.15, 0.2) is 0 Å². The van der Waals surface area contributed by atoms with Crippen molar-refractivity contribution in [2.45, 2.75) is 63.8 Å². The number of fused-ring (bicyclic) bond motifs is 1. The molecule has 1 N–H and O–H groups in total. The average Bonchev–Trinajstić information content (AvgIpc) is 3.47. The molecule has 0 radical (unpaired) electrons. The van der Waals surface area contributed by atoms with E-state index in [4.69, 9.17) is 9.47 Å². The summed E-state index contributed by atoms with van der Waals surface area (Å²) in [7, 11) is 0. The van der Waals surface area contributed by atoms with E-state index in [9.17, 15) is 4.79 Å². The second kappa shape index (κ2) is 9.59. The Morgan fingerprint density at radius 1 is 1.25 bits per heavy atom. The molecule has 1 amide bonds. The van der Waals surface area contributed by atoms with Crippen LogP contribution in [0.1, 0.15) is 55.5 Å². The lowest BCUT2D eigenvalue weighted by molar-refractivity contribution is -0.131. The number of ether oxygens (including phenoxy) is 2. The standard InChI is InChI=1S/C26H33N3O3/c1-18-14-21-15-19(9-10-23(21)32-18)16-29-12-4-6-20(17-29)25(22-7-2-3-11-27-22)28-26(30)24-8-5-13-31-24/h2-3,7,9-11,15,18,20,24-25H,4-6,8,12-14,16-17H2,1H3,(H,28,30)/t18-,20+,24-,25+/m1/s1. The van der Waals surface area contributed by atoms with Crippen molar-refractivity contribution < 1.29 is 14.3 Å². The maximum atomic E-state index is 12.9. The number of pyridine rings is 1. The van der Waals surface area contributed by atoms with E-state index in [0.29, 0.717) is 12.5 Å². The van der Waals surface area contributed by atoms with Crippen LogP contribution in [0.2, 0.25) is 0 Å². The molecule has 1 aromatic carbocycles. The highest BCUT2D eigenvalue weighted by Crippen LogP contribution is 2.32. The molecule has 1 aromatic heterocycles. The molecule has 4 heterocycles. The van der Waals surface area contributed by atoms with Gasteiger partial charge in [-0.25, -0.2) is 0 Å². The Morgan fingerprint density at radius 3 is 3.00 bits per heavy atom. The number of nitrogens with one attached hydrogen (secondary N) is 1. The summed E-state index contributed by atoms with van der Waals surface area (Å²) in [5, 5.41) is 3.30. The van der Waals surface area contributed by atoms with Gasteiger partial charge < -0.3 is 14.8 Å². The first-order valence-electron chi connectivity index (χ1n) is 12.0. The van der Waals surface area contributed by atoms with Gasteiger partial charge >= 0.3 is 0 Å². The number of amides is 1. The van der Waals surface area contributed by atoms with Gasteiger partial charge in [-0.05, 0) is 74.4 Å². The molecule has 0 saturated carbocycles. The van der Waals surface area contributed by atoms with Crippen LogP contribution in [0.25, 0.3) is 0 Å². The molecule has 3 aliphatic heterocycles. The third-order valence-electron chi connectivity index (χ3n) is 6.91. The Hall–Kier alpha value is -2.44. The van der Waals surface area contributed by atoms with E-state index in [-0.39, 0.29) is 24.2 Å². The highest BCUT2D eigenvalue weighted by atomic mass is 16.5. The third kappa shape index (κ3) is 4.81. The van der Waals surface area contributed by atoms with Crippen molar-refractivity contribution in [1.29, 1.82) is 0 Å². The second-order valence-corrected chi connectivity index (χ2v) is 9.45. The summed E-state index contributed by atoms with van der Waals surface area (Å²) >= 11 is 0. The number of benzene rings is 1. The molecule has 32 heavy (non-hydrogen) atoms. The van der Waals surface area contributed by atoms with E-state index < -0.39 is 0 Å². The number of nitrogens with zero attached hydrogens (tertiary/aromatic N) is 2. The van der Waals surface area contributed by atoms with E-state index in [1.54, 1.807) is 0 Å². The Morgan fingerprint density at radius 2 is 2.19 bits per heavy atom. The van der Waals surface area contributed by atoms with Crippen molar-refractivity contribution in [3.05, 3.63) is 59.4 Å². The van der Waals surface area contributed by atoms with Crippen molar-refractivity contribution in [1.82, 2.24) is 15.2 Å². The number of piperidine rings is 1. The highest BCUT2D eigenvalue weighted by Gasteiger charge is 2.33. The van der Waals surface area contributed by atoms with Crippen molar-refractivity contribution >= 4 is 5.91 Å². The molecule has 4 atom stereocenters. The maximum Gasteiger partial charge on any atom is 0.249 e. The van der Waals surface area contributed by atoms with E-state index in [0.717, 1.165) is 63.2 Å². The van der Waals surface area contributed by atoms with Gasteiger partial charge in [0.05, 0.1) is 11.7 Å². The van der Waals surface area contributed by atoms with Gasteiger partial charge in [0, 0.05) is 32.3 Å². The molecule has 2 aromatic rings. The van der Waals surface area contributed by atoms with E-state index in [2.05, 4.69) is 40.3 Å². The molecule has 5 rings (SSSR count). The zero-order valence-corrected chi connectivity index (χ0v) is 18.8. The number of aromatic nitrogens is 1. The van der Waals surface area contributed by atoms with Crippen LogP contribution in [0.4, 0.5) is 0 Å². The minimum atomic E-state index is -0.322. The summed E-state index contributed by atoms with van der Waals surface area (Å²) in [6.07, 6.45) is 6.71. The van der Waals surface area contributed by atoms with Crippen LogP contribution in [-0.2, 0) is 22.5 Å². The van der Waals surface area contributed by atoms with Gasteiger partial charge in [0.25, 0.3) is 0 Å². The summed E-state index contributed by atoms with van der Waals surface area (Å²) in [5.41, 5.74) is 3.59. The Labute approximate surface area is 190 Å². The number of hydrogen-bond acceptors (Lipinski definition) is 5. The molecule has 0 bridgehead atoms. The lowest BCUT2D eigenvalue weighted by Gasteiger charge is -2.37. The molecule has 2 saturated heterocycles. The van der Waals surface area contributed by atoms with Gasteiger partial charge in [0.2, 0.25) is 5.91 Å². The number of rotatable bonds is 6. The molecule has 2 fully saturated rings.